The molecule has 0 radical (unpaired) electrons. The highest BCUT2D eigenvalue weighted by Gasteiger charge is 2.24. The van der Waals surface area contributed by atoms with E-state index in [9.17, 15) is 4.79 Å². The fourth-order valence-electron chi connectivity index (χ4n) is 3.58. The molecule has 0 bridgehead atoms. The Bertz CT molecular complexity index is 1280. The molecule has 2 heterocycles. The number of methoxy groups -OCH3 is 1. The average Bonchev–Trinajstić information content (AvgIpc) is 3.62. The zero-order valence-electron chi connectivity index (χ0n) is 17.3. The van der Waals surface area contributed by atoms with Gasteiger partial charge in [0.05, 0.1) is 13.3 Å². The van der Waals surface area contributed by atoms with E-state index >= 15 is 0 Å². The van der Waals surface area contributed by atoms with E-state index in [1.165, 1.54) is 7.11 Å². The molecule has 31 heavy (non-hydrogen) atoms. The highest BCUT2D eigenvalue weighted by Crippen LogP contribution is 2.31. The summed E-state index contributed by atoms with van der Waals surface area (Å²) in [6.45, 7) is 2.05. The Morgan fingerprint density at radius 2 is 1.84 bits per heavy atom. The van der Waals surface area contributed by atoms with Crippen molar-refractivity contribution in [2.45, 2.75) is 25.8 Å². The quantitative estimate of drug-likeness (QED) is 0.535. The van der Waals surface area contributed by atoms with Gasteiger partial charge in [-0.05, 0) is 54.7 Å². The van der Waals surface area contributed by atoms with Crippen molar-refractivity contribution < 1.29 is 9.53 Å². The van der Waals surface area contributed by atoms with Crippen LogP contribution in [0.15, 0.2) is 55.0 Å². The van der Waals surface area contributed by atoms with Gasteiger partial charge in [-0.2, -0.15) is 5.10 Å². The van der Waals surface area contributed by atoms with Crippen LogP contribution in [0.4, 0.5) is 0 Å². The molecule has 0 unspecified atom stereocenters. The van der Waals surface area contributed by atoms with Crippen molar-refractivity contribution in [3.63, 3.8) is 0 Å². The lowest BCUT2D eigenvalue weighted by molar-refractivity contribution is 0.0951. The van der Waals surface area contributed by atoms with E-state index in [-0.39, 0.29) is 5.91 Å². The maximum atomic E-state index is 12.5. The number of aromatic nitrogens is 4. The van der Waals surface area contributed by atoms with Crippen LogP contribution in [0.5, 0.6) is 6.01 Å². The summed E-state index contributed by atoms with van der Waals surface area (Å²) >= 11 is 0. The maximum Gasteiger partial charge on any atom is 0.316 e. The molecule has 2 aromatic heterocycles. The number of rotatable bonds is 5. The number of amides is 1. The van der Waals surface area contributed by atoms with Gasteiger partial charge < -0.3 is 10.1 Å². The first-order valence-electron chi connectivity index (χ1n) is 10.2. The second kappa shape index (κ2) is 7.75. The molecule has 1 amide bonds. The summed E-state index contributed by atoms with van der Waals surface area (Å²) < 4.78 is 5.03. The normalized spacial score (nSPS) is 13.2. The number of aryl methyl sites for hydroxylation is 1. The lowest BCUT2D eigenvalue weighted by atomic mass is 9.95. The molecule has 0 saturated heterocycles. The van der Waals surface area contributed by atoms with Gasteiger partial charge in [-0.3, -0.25) is 4.79 Å². The van der Waals surface area contributed by atoms with E-state index in [4.69, 9.17) is 4.74 Å². The van der Waals surface area contributed by atoms with Crippen molar-refractivity contribution in [3.05, 3.63) is 66.1 Å². The minimum atomic E-state index is -0.0165. The summed E-state index contributed by atoms with van der Waals surface area (Å²) in [5.41, 5.74) is 5.31. The van der Waals surface area contributed by atoms with Crippen LogP contribution in [0, 0.1) is 6.92 Å². The van der Waals surface area contributed by atoms with Gasteiger partial charge in [0, 0.05) is 40.3 Å². The predicted octanol–water partition coefficient (Wildman–Crippen LogP) is 3.96. The largest absolute Gasteiger partial charge is 0.467 e. The summed E-state index contributed by atoms with van der Waals surface area (Å²) in [6, 6.07) is 12.6. The van der Waals surface area contributed by atoms with Crippen LogP contribution in [-0.2, 0) is 0 Å². The molecule has 7 nitrogen and oxygen atoms in total. The highest BCUT2D eigenvalue weighted by molar-refractivity contribution is 5.98. The number of carbonyl (C=O) groups excluding carboxylic acids is 1. The molecular weight excluding hydrogens is 390 g/mol. The summed E-state index contributed by atoms with van der Waals surface area (Å²) in [5.74, 6) is -0.0165. The number of hydrogen-bond donors (Lipinski definition) is 1. The van der Waals surface area contributed by atoms with E-state index in [2.05, 4.69) is 31.5 Å². The maximum absolute atomic E-state index is 12.5. The molecule has 0 aliphatic heterocycles. The number of benzene rings is 2. The van der Waals surface area contributed by atoms with Gasteiger partial charge in [-0.15, -0.1) is 5.10 Å². The van der Waals surface area contributed by atoms with Crippen LogP contribution in [0.25, 0.3) is 33.2 Å². The Morgan fingerprint density at radius 3 is 2.58 bits per heavy atom. The van der Waals surface area contributed by atoms with Crippen LogP contribution >= 0.6 is 0 Å². The SMILES string of the molecule is COc1ncc(-c2nncc3cc(-c4cc(C(=O)NC5CC5)ccc4C)ccc23)cn1. The Balaban J connectivity index is 1.53. The summed E-state index contributed by atoms with van der Waals surface area (Å²) in [7, 11) is 1.53. The minimum Gasteiger partial charge on any atom is -0.467 e. The number of hydrogen-bond acceptors (Lipinski definition) is 6. The van der Waals surface area contributed by atoms with Crippen LogP contribution < -0.4 is 10.1 Å². The third-order valence-corrected chi connectivity index (χ3v) is 5.47. The molecule has 1 N–H and O–H groups in total. The van der Waals surface area contributed by atoms with E-state index in [0.717, 1.165) is 45.9 Å². The molecule has 7 heteroatoms. The number of ether oxygens (including phenoxy) is 1. The Morgan fingerprint density at radius 1 is 1.03 bits per heavy atom. The summed E-state index contributed by atoms with van der Waals surface area (Å²) in [4.78, 5) is 20.8. The van der Waals surface area contributed by atoms with Gasteiger partial charge >= 0.3 is 6.01 Å². The van der Waals surface area contributed by atoms with Crippen molar-refractivity contribution in [1.82, 2.24) is 25.5 Å². The van der Waals surface area contributed by atoms with Crippen molar-refractivity contribution in [2.24, 2.45) is 0 Å². The van der Waals surface area contributed by atoms with E-state index < -0.39 is 0 Å². The van der Waals surface area contributed by atoms with E-state index in [1.807, 2.05) is 37.3 Å². The van der Waals surface area contributed by atoms with Gasteiger partial charge in [-0.1, -0.05) is 18.2 Å². The number of carbonyl (C=O) groups is 1. The second-order valence-corrected chi connectivity index (χ2v) is 7.73. The summed E-state index contributed by atoms with van der Waals surface area (Å²) in [6.07, 6.45) is 7.23. The third kappa shape index (κ3) is 3.82. The standard InChI is InChI=1S/C24H21N5O2/c1-14-3-4-16(23(30)28-19-6-7-19)10-21(14)15-5-8-20-17(9-15)13-27-29-22(20)18-11-25-24(31-2)26-12-18/h3-5,8-13,19H,6-7H2,1-2H3,(H,28,30). The molecule has 2 aromatic carbocycles. The first-order valence-corrected chi connectivity index (χ1v) is 10.2. The van der Waals surface area contributed by atoms with Crippen molar-refractivity contribution in [2.75, 3.05) is 7.11 Å². The molecule has 1 fully saturated rings. The van der Waals surface area contributed by atoms with Crippen LogP contribution in [-0.4, -0.2) is 39.2 Å². The molecule has 4 aromatic rings. The lowest BCUT2D eigenvalue weighted by Crippen LogP contribution is -2.25. The molecule has 1 aliphatic carbocycles. The zero-order chi connectivity index (χ0) is 21.4. The molecule has 0 atom stereocenters. The first kappa shape index (κ1) is 19.1. The molecule has 1 saturated carbocycles. The van der Waals surface area contributed by atoms with E-state index in [1.54, 1.807) is 18.6 Å². The van der Waals surface area contributed by atoms with Crippen LogP contribution in [0.2, 0.25) is 0 Å². The molecular formula is C24H21N5O2. The zero-order valence-corrected chi connectivity index (χ0v) is 17.3. The number of nitrogens with one attached hydrogen (secondary N) is 1. The lowest BCUT2D eigenvalue weighted by Gasteiger charge is -2.11. The van der Waals surface area contributed by atoms with Crippen molar-refractivity contribution in [3.8, 4) is 28.4 Å². The topological polar surface area (TPSA) is 89.9 Å². The Labute approximate surface area is 179 Å². The molecule has 154 valence electrons. The first-order chi connectivity index (χ1) is 15.1. The highest BCUT2D eigenvalue weighted by atomic mass is 16.5. The molecule has 5 rings (SSSR count). The number of fused-ring (bicyclic) bond motifs is 1. The van der Waals surface area contributed by atoms with Crippen LogP contribution in [0.3, 0.4) is 0 Å². The summed E-state index contributed by atoms with van der Waals surface area (Å²) in [5, 5.41) is 13.4. The van der Waals surface area contributed by atoms with Gasteiger partial charge in [-0.25, -0.2) is 9.97 Å². The van der Waals surface area contributed by atoms with Crippen molar-refractivity contribution in [1.29, 1.82) is 0 Å². The second-order valence-electron chi connectivity index (χ2n) is 7.73. The molecule has 0 spiro atoms. The van der Waals surface area contributed by atoms with Crippen molar-refractivity contribution >= 4 is 16.7 Å². The monoisotopic (exact) mass is 411 g/mol. The van der Waals surface area contributed by atoms with Gasteiger partial charge in [0.15, 0.2) is 0 Å². The molecule has 1 aliphatic rings. The average molecular weight is 411 g/mol. The smallest absolute Gasteiger partial charge is 0.316 e. The Kier molecular flexibility index (Phi) is 4.78. The van der Waals surface area contributed by atoms with Crippen LogP contribution in [0.1, 0.15) is 28.8 Å². The van der Waals surface area contributed by atoms with E-state index in [0.29, 0.717) is 23.3 Å². The number of nitrogens with zero attached hydrogens (tertiary/aromatic N) is 4. The Hall–Kier alpha value is -3.87. The fraction of sp³-hybridized carbons (Fsp3) is 0.208. The third-order valence-electron chi connectivity index (χ3n) is 5.47. The van der Waals surface area contributed by atoms with Gasteiger partial charge in [0.1, 0.15) is 5.69 Å². The van der Waals surface area contributed by atoms with Gasteiger partial charge in [0.2, 0.25) is 0 Å². The predicted molar refractivity (Wildman–Crippen MR) is 118 cm³/mol. The van der Waals surface area contributed by atoms with Gasteiger partial charge in [0.25, 0.3) is 5.91 Å². The fourth-order valence-corrected chi connectivity index (χ4v) is 3.58. The minimum absolute atomic E-state index is 0.0165.